The van der Waals surface area contributed by atoms with Crippen molar-refractivity contribution in [3.05, 3.63) is 48.3 Å². The third-order valence-electron chi connectivity index (χ3n) is 5.10. The van der Waals surface area contributed by atoms with Gasteiger partial charge < -0.3 is 10.6 Å². The number of nitrogens with one attached hydrogen (secondary N) is 4. The Morgan fingerprint density at radius 2 is 2.03 bits per heavy atom. The molecule has 0 fully saturated rings. The highest BCUT2D eigenvalue weighted by Crippen LogP contribution is 2.43. The molecule has 7 heteroatoms. The summed E-state index contributed by atoms with van der Waals surface area (Å²) in [6, 6.07) is 13.5. The SMILES string of the molecule is CCNc1n[nH]c(-c2ccccc2F)c1-c1ccc2c(c1)SC(N[C@@H](C)CC)N2. The van der Waals surface area contributed by atoms with Gasteiger partial charge in [-0.15, -0.1) is 0 Å². The zero-order valence-electron chi connectivity index (χ0n) is 16.8. The van der Waals surface area contributed by atoms with Gasteiger partial charge in [-0.05, 0) is 50.1 Å². The Labute approximate surface area is 174 Å². The fraction of sp³-hybridized carbons (Fsp3) is 0.318. The van der Waals surface area contributed by atoms with E-state index in [1.54, 1.807) is 23.9 Å². The Kier molecular flexibility index (Phi) is 5.78. The summed E-state index contributed by atoms with van der Waals surface area (Å²) in [5.41, 5.74) is 4.36. The first kappa shape index (κ1) is 19.8. The summed E-state index contributed by atoms with van der Waals surface area (Å²) in [4.78, 5) is 1.17. The number of rotatable bonds is 7. The molecule has 3 aromatic rings. The topological polar surface area (TPSA) is 64.8 Å². The summed E-state index contributed by atoms with van der Waals surface area (Å²) in [6.45, 7) is 7.12. The van der Waals surface area contributed by atoms with E-state index in [0.717, 1.165) is 35.6 Å². The first-order valence-electron chi connectivity index (χ1n) is 10.0. The maximum Gasteiger partial charge on any atom is 0.156 e. The van der Waals surface area contributed by atoms with Crippen LogP contribution in [0.5, 0.6) is 0 Å². The number of H-pyrrole nitrogens is 1. The lowest BCUT2D eigenvalue weighted by atomic mass is 10.00. The van der Waals surface area contributed by atoms with Crippen LogP contribution in [0.15, 0.2) is 47.4 Å². The third kappa shape index (κ3) is 3.97. The molecule has 2 aromatic carbocycles. The molecule has 4 N–H and O–H groups in total. The minimum atomic E-state index is -0.268. The standard InChI is InChI=1S/C22H26FN5S/c1-4-13(3)25-22-26-17-11-10-14(12-18(17)29-22)19-20(27-28-21(19)24-5-2)15-8-6-7-9-16(15)23/h6-13,22,25-26H,4-5H2,1-3H3,(H2,24,27,28)/t13-,22?/m0/s1. The Morgan fingerprint density at radius 3 is 2.79 bits per heavy atom. The van der Waals surface area contributed by atoms with Crippen molar-refractivity contribution in [2.24, 2.45) is 0 Å². The van der Waals surface area contributed by atoms with E-state index < -0.39 is 0 Å². The molecule has 0 saturated heterocycles. The van der Waals surface area contributed by atoms with Crippen LogP contribution in [-0.4, -0.2) is 28.3 Å². The Bertz CT molecular complexity index is 1000. The number of nitrogens with zero attached hydrogens (tertiary/aromatic N) is 1. The van der Waals surface area contributed by atoms with Crippen LogP contribution in [-0.2, 0) is 0 Å². The molecule has 29 heavy (non-hydrogen) atoms. The highest BCUT2D eigenvalue weighted by molar-refractivity contribution is 8.00. The first-order chi connectivity index (χ1) is 14.1. The molecule has 0 aliphatic carbocycles. The zero-order chi connectivity index (χ0) is 20.4. The van der Waals surface area contributed by atoms with Gasteiger partial charge in [0, 0.05) is 28.7 Å². The van der Waals surface area contributed by atoms with E-state index in [1.807, 2.05) is 13.0 Å². The molecule has 0 radical (unpaired) electrons. The molecule has 1 aliphatic heterocycles. The Balaban J connectivity index is 1.72. The second-order valence-corrected chi connectivity index (χ2v) is 8.31. The van der Waals surface area contributed by atoms with Gasteiger partial charge >= 0.3 is 0 Å². The quantitative estimate of drug-likeness (QED) is 0.413. The summed E-state index contributed by atoms with van der Waals surface area (Å²) in [7, 11) is 0. The van der Waals surface area contributed by atoms with Crippen LogP contribution >= 0.6 is 11.8 Å². The lowest BCUT2D eigenvalue weighted by Crippen LogP contribution is -2.37. The molecule has 2 atom stereocenters. The first-order valence-corrected chi connectivity index (χ1v) is 10.9. The molecule has 4 rings (SSSR count). The average molecular weight is 412 g/mol. The average Bonchev–Trinajstić information content (AvgIpc) is 3.31. The Hall–Kier alpha value is -2.51. The molecule has 0 saturated carbocycles. The van der Waals surface area contributed by atoms with Gasteiger partial charge in [-0.3, -0.25) is 10.4 Å². The van der Waals surface area contributed by atoms with E-state index in [-0.39, 0.29) is 11.3 Å². The van der Waals surface area contributed by atoms with E-state index in [2.05, 4.69) is 58.2 Å². The predicted octanol–water partition coefficient (Wildman–Crippen LogP) is 5.50. The molecule has 0 bridgehead atoms. The summed E-state index contributed by atoms with van der Waals surface area (Å²) >= 11 is 1.77. The van der Waals surface area contributed by atoms with Crippen LogP contribution in [0.3, 0.4) is 0 Å². The summed E-state index contributed by atoms with van der Waals surface area (Å²) in [5, 5.41) is 17.9. The summed E-state index contributed by atoms with van der Waals surface area (Å²) in [5.74, 6) is 0.464. The third-order valence-corrected chi connectivity index (χ3v) is 6.19. The molecule has 152 valence electrons. The highest BCUT2D eigenvalue weighted by atomic mass is 32.2. The number of hydrogen-bond acceptors (Lipinski definition) is 5. The summed E-state index contributed by atoms with van der Waals surface area (Å²) < 4.78 is 14.5. The smallest absolute Gasteiger partial charge is 0.156 e. The molecule has 5 nitrogen and oxygen atoms in total. The van der Waals surface area contributed by atoms with Crippen LogP contribution in [0.4, 0.5) is 15.9 Å². The van der Waals surface area contributed by atoms with Gasteiger partial charge in [0.05, 0.1) is 11.3 Å². The molecular formula is C22H26FN5S. The predicted molar refractivity (Wildman–Crippen MR) is 120 cm³/mol. The summed E-state index contributed by atoms with van der Waals surface area (Å²) in [6.07, 6.45) is 1.08. The van der Waals surface area contributed by atoms with E-state index in [9.17, 15) is 4.39 Å². The van der Waals surface area contributed by atoms with E-state index in [0.29, 0.717) is 17.3 Å². The minimum absolute atomic E-state index is 0.152. The normalized spacial score (nSPS) is 16.3. The van der Waals surface area contributed by atoms with Gasteiger partial charge in [-0.2, -0.15) is 5.10 Å². The second kappa shape index (κ2) is 8.47. The van der Waals surface area contributed by atoms with Crippen molar-refractivity contribution in [3.8, 4) is 22.4 Å². The van der Waals surface area contributed by atoms with Crippen molar-refractivity contribution >= 4 is 23.3 Å². The van der Waals surface area contributed by atoms with Crippen LogP contribution in [0.1, 0.15) is 27.2 Å². The van der Waals surface area contributed by atoms with Crippen LogP contribution < -0.4 is 16.0 Å². The number of fused-ring (bicyclic) bond motifs is 1. The molecule has 0 spiro atoms. The highest BCUT2D eigenvalue weighted by Gasteiger charge is 2.25. The van der Waals surface area contributed by atoms with Crippen molar-refractivity contribution < 1.29 is 4.39 Å². The maximum absolute atomic E-state index is 14.5. The van der Waals surface area contributed by atoms with Gasteiger partial charge in [-0.1, -0.05) is 36.9 Å². The number of anilines is 2. The zero-order valence-corrected chi connectivity index (χ0v) is 17.7. The molecular weight excluding hydrogens is 385 g/mol. The van der Waals surface area contributed by atoms with Crippen molar-refractivity contribution in [1.29, 1.82) is 0 Å². The van der Waals surface area contributed by atoms with Gasteiger partial charge in [0.25, 0.3) is 0 Å². The van der Waals surface area contributed by atoms with Gasteiger partial charge in [0.15, 0.2) is 5.82 Å². The molecule has 1 aromatic heterocycles. The lowest BCUT2D eigenvalue weighted by molar-refractivity contribution is 0.540. The number of halogens is 1. The Morgan fingerprint density at radius 1 is 1.21 bits per heavy atom. The molecule has 1 aliphatic rings. The van der Waals surface area contributed by atoms with E-state index in [1.165, 1.54) is 11.0 Å². The number of benzene rings is 2. The van der Waals surface area contributed by atoms with Gasteiger partial charge in [-0.25, -0.2) is 4.39 Å². The van der Waals surface area contributed by atoms with E-state index in [4.69, 9.17) is 0 Å². The van der Waals surface area contributed by atoms with Crippen LogP contribution in [0, 0.1) is 5.82 Å². The van der Waals surface area contributed by atoms with Crippen molar-refractivity contribution in [3.63, 3.8) is 0 Å². The molecule has 2 heterocycles. The van der Waals surface area contributed by atoms with Crippen molar-refractivity contribution in [2.45, 2.75) is 43.6 Å². The maximum atomic E-state index is 14.5. The van der Waals surface area contributed by atoms with Crippen LogP contribution in [0.25, 0.3) is 22.4 Å². The van der Waals surface area contributed by atoms with Crippen LogP contribution in [0.2, 0.25) is 0 Å². The van der Waals surface area contributed by atoms with Gasteiger partial charge in [0.1, 0.15) is 11.3 Å². The number of hydrogen-bond donors (Lipinski definition) is 4. The number of thioether (sulfide) groups is 1. The fourth-order valence-electron chi connectivity index (χ4n) is 3.42. The second-order valence-electron chi connectivity index (χ2n) is 7.16. The fourth-order valence-corrected chi connectivity index (χ4v) is 4.61. The number of aromatic amines is 1. The minimum Gasteiger partial charge on any atom is -0.368 e. The largest absolute Gasteiger partial charge is 0.368 e. The lowest BCUT2D eigenvalue weighted by Gasteiger charge is -2.17. The van der Waals surface area contributed by atoms with Crippen molar-refractivity contribution in [2.75, 3.05) is 17.2 Å². The van der Waals surface area contributed by atoms with Crippen molar-refractivity contribution in [1.82, 2.24) is 15.5 Å². The number of aromatic nitrogens is 2. The molecule has 0 amide bonds. The van der Waals surface area contributed by atoms with Gasteiger partial charge in [0.2, 0.25) is 0 Å². The monoisotopic (exact) mass is 411 g/mol. The molecule has 1 unspecified atom stereocenters. The van der Waals surface area contributed by atoms with E-state index >= 15 is 0 Å².